The van der Waals surface area contributed by atoms with Gasteiger partial charge < -0.3 is 14.4 Å². The summed E-state index contributed by atoms with van der Waals surface area (Å²) in [6, 6.07) is 102. The number of anilines is 2. The zero-order chi connectivity index (χ0) is 63.0. The van der Waals surface area contributed by atoms with Crippen LogP contribution in [0.1, 0.15) is 86.2 Å². The molecule has 5 heteroatoms. The molecule has 13 aromatic rings. The zero-order valence-corrected chi connectivity index (χ0v) is 51.6. The fourth-order valence-electron chi connectivity index (χ4n) is 15.2. The van der Waals surface area contributed by atoms with Crippen LogP contribution in [0.5, 0.6) is 23.0 Å². The van der Waals surface area contributed by atoms with Crippen molar-refractivity contribution < 1.29 is 18.3 Å². The van der Waals surface area contributed by atoms with E-state index in [1.54, 1.807) is 24.3 Å². The SMILES string of the molecule is C=Cc1ccc(Oc2ccc(C3(c4ccc(F)cc4)c4ccccc4-c4ccc(CN(c5ccc(-c6ccc7c(c6)-c6ccccc6C7(C)C)cc5)c5ccc6c(c5)C(c5ccc(F)cc5)(c5ccc(Oc7ccc(C=C)cc7)cc5)c5ccccc5-6)cc43)cc2)cc1. The van der Waals surface area contributed by atoms with Crippen LogP contribution < -0.4 is 14.4 Å². The number of benzene rings is 13. The summed E-state index contributed by atoms with van der Waals surface area (Å²) in [4.78, 5) is 2.43. The minimum Gasteiger partial charge on any atom is -0.457 e. The highest BCUT2D eigenvalue weighted by molar-refractivity contribution is 5.90. The third-order valence-electron chi connectivity index (χ3n) is 19.7. The lowest BCUT2D eigenvalue weighted by Crippen LogP contribution is -2.29. The lowest BCUT2D eigenvalue weighted by atomic mass is 9.67. The van der Waals surface area contributed by atoms with E-state index in [0.717, 1.165) is 117 Å². The van der Waals surface area contributed by atoms with Crippen molar-refractivity contribution in [3.63, 3.8) is 0 Å². The van der Waals surface area contributed by atoms with Crippen molar-refractivity contribution in [2.45, 2.75) is 36.6 Å². The monoisotopic (exact) mass is 1200 g/mol. The minimum atomic E-state index is -0.874. The van der Waals surface area contributed by atoms with Crippen LogP contribution in [0.15, 0.2) is 310 Å². The third kappa shape index (κ3) is 9.36. The van der Waals surface area contributed by atoms with Gasteiger partial charge in [0.1, 0.15) is 34.6 Å². The molecule has 2 atom stereocenters. The van der Waals surface area contributed by atoms with Crippen LogP contribution in [0.3, 0.4) is 0 Å². The lowest BCUT2D eigenvalue weighted by Gasteiger charge is -2.35. The van der Waals surface area contributed by atoms with Gasteiger partial charge in [-0.25, -0.2) is 8.78 Å². The van der Waals surface area contributed by atoms with Crippen molar-refractivity contribution in [2.75, 3.05) is 4.90 Å². The van der Waals surface area contributed by atoms with E-state index in [2.05, 4.69) is 208 Å². The van der Waals surface area contributed by atoms with E-state index in [0.29, 0.717) is 18.0 Å². The molecule has 0 heterocycles. The first kappa shape index (κ1) is 56.8. The normalized spacial score (nSPS) is 15.8. The molecule has 0 saturated carbocycles. The molecule has 0 bridgehead atoms. The summed E-state index contributed by atoms with van der Waals surface area (Å²) < 4.78 is 43.5. The second-order valence-corrected chi connectivity index (χ2v) is 25.1. The van der Waals surface area contributed by atoms with E-state index in [1.807, 2.05) is 109 Å². The Morgan fingerprint density at radius 2 is 0.710 bits per heavy atom. The fraction of sp³-hybridized carbons (Fsp3) is 0.0682. The highest BCUT2D eigenvalue weighted by Crippen LogP contribution is 2.59. The van der Waals surface area contributed by atoms with Gasteiger partial charge >= 0.3 is 0 Å². The molecule has 0 aliphatic heterocycles. The number of nitrogens with zero attached hydrogens (tertiary/aromatic N) is 1. The summed E-state index contributed by atoms with van der Waals surface area (Å²) in [7, 11) is 0. The third-order valence-corrected chi connectivity index (χ3v) is 19.7. The van der Waals surface area contributed by atoms with E-state index in [9.17, 15) is 0 Å². The molecule has 16 rings (SSSR count). The predicted molar refractivity (Wildman–Crippen MR) is 376 cm³/mol. The Kier molecular flexibility index (Phi) is 13.8. The Balaban J connectivity index is 0.857. The topological polar surface area (TPSA) is 21.7 Å². The van der Waals surface area contributed by atoms with Gasteiger partial charge in [-0.1, -0.05) is 233 Å². The van der Waals surface area contributed by atoms with Crippen molar-refractivity contribution in [3.8, 4) is 67.5 Å². The van der Waals surface area contributed by atoms with E-state index in [1.165, 1.54) is 22.3 Å². The number of hydrogen-bond acceptors (Lipinski definition) is 3. The van der Waals surface area contributed by atoms with E-state index in [4.69, 9.17) is 9.47 Å². The standard InChI is InChI=1S/C88H63F2NO2/c1-5-57-19-42-70(43-20-57)92-72-46-31-64(32-47-72)87(62-27-35-66(89)36-28-62)82-17-11-8-13-74(82)77-50-23-59(53-84(77)87)56-91(68-39-24-60(25-40-68)61-26-52-81-79(54-61)76-15-7-10-16-80(76)86(81,3)4)69-41-51-78-75-14-9-12-18-83(75)88(85(78)55-69,63-29-37-67(90)38-30-63)65-33-48-73(49-34-65)93-71-44-21-58(6-2)22-45-71/h5-55H,1-2,56H2,3-4H3. The molecule has 0 spiro atoms. The van der Waals surface area contributed by atoms with Crippen LogP contribution in [-0.2, 0) is 22.8 Å². The Morgan fingerprint density at radius 3 is 1.19 bits per heavy atom. The van der Waals surface area contributed by atoms with Gasteiger partial charge in [0, 0.05) is 23.3 Å². The maximum absolute atomic E-state index is 15.3. The van der Waals surface area contributed by atoms with Gasteiger partial charge in [-0.05, 0) is 220 Å². The van der Waals surface area contributed by atoms with Crippen molar-refractivity contribution in [1.82, 2.24) is 0 Å². The lowest BCUT2D eigenvalue weighted by molar-refractivity contribution is 0.482. The summed E-state index contributed by atoms with van der Waals surface area (Å²) in [6.45, 7) is 12.9. The molecule has 0 amide bonds. The molecule has 3 nitrogen and oxygen atoms in total. The van der Waals surface area contributed by atoms with Gasteiger partial charge in [0.2, 0.25) is 0 Å². The average molecular weight is 1200 g/mol. The minimum absolute atomic E-state index is 0.102. The highest BCUT2D eigenvalue weighted by atomic mass is 19.1. The van der Waals surface area contributed by atoms with Gasteiger partial charge in [-0.15, -0.1) is 0 Å². The van der Waals surface area contributed by atoms with E-state index in [-0.39, 0.29) is 17.0 Å². The highest BCUT2D eigenvalue weighted by Gasteiger charge is 2.48. The van der Waals surface area contributed by atoms with Crippen LogP contribution in [0, 0.1) is 11.6 Å². The van der Waals surface area contributed by atoms with E-state index < -0.39 is 10.8 Å². The molecule has 0 fully saturated rings. The number of fused-ring (bicyclic) bond motifs is 9. The average Bonchev–Trinajstić information content (AvgIpc) is 1.60. The van der Waals surface area contributed by atoms with Gasteiger partial charge in [-0.2, -0.15) is 0 Å². The second-order valence-electron chi connectivity index (χ2n) is 25.1. The Labute approximate surface area is 542 Å². The molecule has 0 radical (unpaired) electrons. The zero-order valence-electron chi connectivity index (χ0n) is 51.6. The molecular formula is C88H63F2NO2. The summed E-state index contributed by atoms with van der Waals surface area (Å²) in [5, 5.41) is 0. The fourth-order valence-corrected chi connectivity index (χ4v) is 15.2. The van der Waals surface area contributed by atoms with Crippen LogP contribution in [0.25, 0.3) is 56.7 Å². The molecule has 0 aromatic heterocycles. The van der Waals surface area contributed by atoms with Gasteiger partial charge in [0.25, 0.3) is 0 Å². The summed E-state index contributed by atoms with van der Waals surface area (Å²) in [6.07, 6.45) is 3.63. The first-order valence-corrected chi connectivity index (χ1v) is 31.7. The number of ether oxygens (including phenoxy) is 2. The molecule has 0 N–H and O–H groups in total. The molecule has 446 valence electrons. The summed E-state index contributed by atoms with van der Waals surface area (Å²) >= 11 is 0. The van der Waals surface area contributed by atoms with Gasteiger partial charge in [0.15, 0.2) is 0 Å². The molecule has 13 aromatic carbocycles. The first-order valence-electron chi connectivity index (χ1n) is 31.7. The number of halogens is 2. The number of rotatable bonds is 15. The van der Waals surface area contributed by atoms with Crippen LogP contribution >= 0.6 is 0 Å². The summed E-state index contributed by atoms with van der Waals surface area (Å²) in [5.74, 6) is 2.23. The summed E-state index contributed by atoms with van der Waals surface area (Å²) in [5.41, 5.74) is 23.5. The quantitative estimate of drug-likeness (QED) is 0.102. The predicted octanol–water partition coefficient (Wildman–Crippen LogP) is 22.9. The first-order chi connectivity index (χ1) is 45.5. The molecule has 2 unspecified atom stereocenters. The maximum atomic E-state index is 15.3. The van der Waals surface area contributed by atoms with Crippen LogP contribution in [0.2, 0.25) is 0 Å². The molecular weight excluding hydrogens is 1140 g/mol. The van der Waals surface area contributed by atoms with Crippen molar-refractivity contribution >= 4 is 23.5 Å². The van der Waals surface area contributed by atoms with Crippen molar-refractivity contribution in [3.05, 3.63) is 394 Å². The van der Waals surface area contributed by atoms with E-state index >= 15 is 8.78 Å². The van der Waals surface area contributed by atoms with Crippen LogP contribution in [0.4, 0.5) is 20.2 Å². The Morgan fingerprint density at radius 1 is 0.333 bits per heavy atom. The maximum Gasteiger partial charge on any atom is 0.127 e. The molecule has 3 aliphatic rings. The molecule has 0 saturated heterocycles. The number of hydrogen-bond donors (Lipinski definition) is 0. The molecule has 3 aliphatic carbocycles. The Hall–Kier alpha value is -11.4. The van der Waals surface area contributed by atoms with Crippen molar-refractivity contribution in [1.29, 1.82) is 0 Å². The largest absolute Gasteiger partial charge is 0.457 e. The van der Waals surface area contributed by atoms with Gasteiger partial charge in [0.05, 0.1) is 10.8 Å². The Bertz CT molecular complexity index is 5050. The second kappa shape index (κ2) is 22.5. The smallest absolute Gasteiger partial charge is 0.127 e. The van der Waals surface area contributed by atoms with Gasteiger partial charge in [-0.3, -0.25) is 0 Å². The van der Waals surface area contributed by atoms with Crippen LogP contribution in [-0.4, -0.2) is 0 Å². The molecule has 93 heavy (non-hydrogen) atoms. The van der Waals surface area contributed by atoms with Crippen molar-refractivity contribution in [2.24, 2.45) is 0 Å².